The fourth-order valence-corrected chi connectivity index (χ4v) is 4.98. The molecule has 0 amide bonds. The SMILES string of the molecule is O=[SH](=O)Nc1cccc(-c2nc(C(F)(F)F)nc(NC3CCC(O)CC3)c2-c2cccc(N[SH](=O)=O)c2)c1. The Bertz CT molecular complexity index is 1460. The zero-order valence-corrected chi connectivity index (χ0v) is 21.4. The Morgan fingerprint density at radius 1 is 0.816 bits per heavy atom. The molecule has 3 aromatic rings. The molecule has 38 heavy (non-hydrogen) atoms. The minimum Gasteiger partial charge on any atom is -0.393 e. The van der Waals surface area contributed by atoms with E-state index in [2.05, 4.69) is 24.7 Å². The molecule has 4 N–H and O–H groups in total. The number of halogens is 3. The summed E-state index contributed by atoms with van der Waals surface area (Å²) in [5, 5.41) is 12.9. The van der Waals surface area contributed by atoms with Gasteiger partial charge in [-0.15, -0.1) is 0 Å². The Balaban J connectivity index is 1.95. The molecule has 1 fully saturated rings. The van der Waals surface area contributed by atoms with Crippen LogP contribution in [0, 0.1) is 0 Å². The molecule has 1 aliphatic carbocycles. The molecule has 0 aliphatic heterocycles. The fourth-order valence-electron chi connectivity index (χ4n) is 4.28. The summed E-state index contributed by atoms with van der Waals surface area (Å²) in [6.45, 7) is 0. The lowest BCUT2D eigenvalue weighted by Gasteiger charge is -2.28. The number of benzene rings is 2. The number of aliphatic hydroxyl groups is 1. The van der Waals surface area contributed by atoms with E-state index in [9.17, 15) is 35.1 Å². The lowest BCUT2D eigenvalue weighted by molar-refractivity contribution is -0.144. The normalized spacial score (nSPS) is 17.9. The Morgan fingerprint density at radius 2 is 1.37 bits per heavy atom. The van der Waals surface area contributed by atoms with Gasteiger partial charge in [-0.2, -0.15) is 13.2 Å². The summed E-state index contributed by atoms with van der Waals surface area (Å²) < 4.78 is 91.1. The molecule has 0 radical (unpaired) electrons. The highest BCUT2D eigenvalue weighted by Gasteiger charge is 2.37. The summed E-state index contributed by atoms with van der Waals surface area (Å²) in [7, 11) is -6.03. The molecule has 0 unspecified atom stereocenters. The van der Waals surface area contributed by atoms with Gasteiger partial charge in [0.2, 0.25) is 27.6 Å². The summed E-state index contributed by atoms with van der Waals surface area (Å²) in [5.74, 6) is -1.53. The van der Waals surface area contributed by atoms with Crippen molar-refractivity contribution in [1.29, 1.82) is 0 Å². The molecule has 0 saturated heterocycles. The largest absolute Gasteiger partial charge is 0.451 e. The van der Waals surface area contributed by atoms with Crippen molar-refractivity contribution >= 4 is 39.0 Å². The van der Waals surface area contributed by atoms with Crippen LogP contribution in [0.3, 0.4) is 0 Å². The highest BCUT2D eigenvalue weighted by molar-refractivity contribution is 7.74. The van der Waals surface area contributed by atoms with Crippen molar-refractivity contribution in [2.24, 2.45) is 0 Å². The van der Waals surface area contributed by atoms with Crippen LogP contribution in [0.5, 0.6) is 0 Å². The van der Waals surface area contributed by atoms with Gasteiger partial charge in [-0.3, -0.25) is 9.44 Å². The van der Waals surface area contributed by atoms with Crippen molar-refractivity contribution in [3.63, 3.8) is 0 Å². The Labute approximate surface area is 219 Å². The van der Waals surface area contributed by atoms with Crippen LogP contribution in [-0.4, -0.2) is 44.1 Å². The van der Waals surface area contributed by atoms with Crippen molar-refractivity contribution in [3.05, 3.63) is 54.4 Å². The predicted molar refractivity (Wildman–Crippen MR) is 138 cm³/mol. The van der Waals surface area contributed by atoms with E-state index in [1.54, 1.807) is 6.07 Å². The summed E-state index contributed by atoms with van der Waals surface area (Å²) in [5.41, 5.74) is 0.810. The topological polar surface area (TPSA) is 150 Å². The quantitative estimate of drug-likeness (QED) is 0.225. The molecule has 0 atom stereocenters. The van der Waals surface area contributed by atoms with Crippen LogP contribution in [0.2, 0.25) is 0 Å². The van der Waals surface area contributed by atoms with E-state index in [0.717, 1.165) is 0 Å². The maximum Gasteiger partial charge on any atom is 0.451 e. The molecular weight excluding hydrogens is 547 g/mol. The van der Waals surface area contributed by atoms with E-state index in [4.69, 9.17) is 0 Å². The number of alkyl halides is 3. The van der Waals surface area contributed by atoms with Crippen LogP contribution in [0.4, 0.5) is 30.4 Å². The molecule has 204 valence electrons. The number of rotatable bonds is 8. The molecule has 0 bridgehead atoms. The lowest BCUT2D eigenvalue weighted by atomic mass is 9.92. The average Bonchev–Trinajstić information content (AvgIpc) is 2.84. The summed E-state index contributed by atoms with van der Waals surface area (Å²) in [4.78, 5) is 7.65. The smallest absolute Gasteiger partial charge is 0.393 e. The van der Waals surface area contributed by atoms with Gasteiger partial charge in [0, 0.05) is 23.0 Å². The van der Waals surface area contributed by atoms with E-state index in [0.29, 0.717) is 31.2 Å². The third kappa shape index (κ3) is 6.90. The molecular formula is C23H24F3N5O5S2. The number of anilines is 3. The summed E-state index contributed by atoms with van der Waals surface area (Å²) in [6.07, 6.45) is -3.46. The molecule has 1 aliphatic rings. The first-order valence-corrected chi connectivity index (χ1v) is 13.8. The number of aliphatic hydroxyl groups excluding tert-OH is 1. The Hall–Kier alpha value is -3.43. The van der Waals surface area contributed by atoms with Crippen LogP contribution >= 0.6 is 0 Å². The average molecular weight is 572 g/mol. The molecule has 2 aromatic carbocycles. The predicted octanol–water partition coefficient (Wildman–Crippen LogP) is 3.42. The number of aromatic nitrogens is 2. The summed E-state index contributed by atoms with van der Waals surface area (Å²) >= 11 is 0. The fraction of sp³-hybridized carbons (Fsp3) is 0.304. The third-order valence-electron chi connectivity index (χ3n) is 5.93. The van der Waals surface area contributed by atoms with Crippen molar-refractivity contribution in [2.75, 3.05) is 14.8 Å². The number of nitrogens with one attached hydrogen (secondary N) is 3. The Kier molecular flexibility index (Phi) is 8.38. The monoisotopic (exact) mass is 571 g/mol. The van der Waals surface area contributed by atoms with Gasteiger partial charge in [0.25, 0.3) is 0 Å². The molecule has 10 nitrogen and oxygen atoms in total. The van der Waals surface area contributed by atoms with Crippen LogP contribution in [0.25, 0.3) is 22.4 Å². The van der Waals surface area contributed by atoms with Gasteiger partial charge in [0.15, 0.2) is 0 Å². The van der Waals surface area contributed by atoms with Crippen molar-refractivity contribution < 1.29 is 35.1 Å². The lowest BCUT2D eigenvalue weighted by Crippen LogP contribution is -2.29. The summed E-state index contributed by atoms with van der Waals surface area (Å²) in [6, 6.07) is 11.4. The number of thiol groups is 2. The van der Waals surface area contributed by atoms with Gasteiger partial charge < -0.3 is 10.4 Å². The molecule has 15 heteroatoms. The van der Waals surface area contributed by atoms with Gasteiger partial charge >= 0.3 is 6.18 Å². The van der Waals surface area contributed by atoms with Crippen molar-refractivity contribution in [3.8, 4) is 22.4 Å². The Morgan fingerprint density at radius 3 is 1.92 bits per heavy atom. The standard InChI is InChI=1S/C23H24F3N5O5S2/c24-23(25,26)22-28-20(14-4-2-6-17(12-14)31-38(35)36)19(13-3-1-5-16(11-13)30-37(33)34)21(29-22)27-15-7-9-18(32)10-8-15/h1-6,11-12,15,18,32,37-38H,7-10H2,(H,27,28,29)(H,30,33,34)(H,31,35,36). The minimum absolute atomic E-state index is 0.117. The second-order valence-corrected chi connectivity index (χ2v) is 10.1. The van der Waals surface area contributed by atoms with E-state index < -0.39 is 39.9 Å². The van der Waals surface area contributed by atoms with Crippen LogP contribution in [0.1, 0.15) is 31.5 Å². The maximum absolute atomic E-state index is 13.9. The first-order chi connectivity index (χ1) is 18.0. The van der Waals surface area contributed by atoms with E-state index in [1.165, 1.54) is 42.5 Å². The highest BCUT2D eigenvalue weighted by Crippen LogP contribution is 2.41. The van der Waals surface area contributed by atoms with Crippen molar-refractivity contribution in [2.45, 2.75) is 44.0 Å². The van der Waals surface area contributed by atoms with Crippen LogP contribution in [0.15, 0.2) is 48.5 Å². The van der Waals surface area contributed by atoms with Gasteiger partial charge in [-0.25, -0.2) is 26.8 Å². The van der Waals surface area contributed by atoms with Gasteiger partial charge in [-0.1, -0.05) is 24.3 Å². The molecule has 0 spiro atoms. The zero-order valence-electron chi connectivity index (χ0n) is 19.6. The zero-order chi connectivity index (χ0) is 27.4. The molecule has 4 rings (SSSR count). The number of hydrogen-bond acceptors (Lipinski definition) is 8. The molecule has 1 saturated carbocycles. The van der Waals surface area contributed by atoms with E-state index >= 15 is 0 Å². The van der Waals surface area contributed by atoms with Gasteiger partial charge in [0.1, 0.15) is 5.82 Å². The molecule has 1 heterocycles. The van der Waals surface area contributed by atoms with Crippen molar-refractivity contribution in [1.82, 2.24) is 9.97 Å². The second-order valence-electron chi connectivity index (χ2n) is 8.67. The number of nitrogens with zero attached hydrogens (tertiary/aromatic N) is 2. The minimum atomic E-state index is -4.90. The highest BCUT2D eigenvalue weighted by atomic mass is 32.2. The van der Waals surface area contributed by atoms with Crippen LogP contribution in [-0.2, 0) is 28.0 Å². The third-order valence-corrected chi connectivity index (χ3v) is 6.81. The molecule has 1 aromatic heterocycles. The first kappa shape index (κ1) is 27.6. The van der Waals surface area contributed by atoms with Gasteiger partial charge in [-0.05, 0) is 55.5 Å². The van der Waals surface area contributed by atoms with E-state index in [-0.39, 0.29) is 40.1 Å². The van der Waals surface area contributed by atoms with Gasteiger partial charge in [0.05, 0.1) is 17.4 Å². The number of hydrogen-bond donors (Lipinski definition) is 6. The maximum atomic E-state index is 13.9. The first-order valence-electron chi connectivity index (χ1n) is 11.5. The van der Waals surface area contributed by atoms with E-state index in [1.807, 2.05) is 0 Å². The van der Waals surface area contributed by atoms with Crippen LogP contribution < -0.4 is 14.8 Å². The second kappa shape index (κ2) is 11.5.